The standard InChI is InChI=1S/C23H46Cl2OSi/c1-22(2)21-26-20-18-16-14-12-10-8-6-4-3-5-7-9-11-13-15-17-19-23(24,25)27/h1,3-21H2,2,27H3. The van der Waals surface area contributed by atoms with E-state index in [1.165, 1.54) is 103 Å². The molecule has 0 bridgehead atoms. The molecule has 0 saturated heterocycles. The van der Waals surface area contributed by atoms with Crippen molar-refractivity contribution < 1.29 is 4.74 Å². The SMILES string of the molecule is C=C(C)COCCCCCCCCCCCCCCCCCCC([SiH3])(Cl)Cl. The first kappa shape index (κ1) is 27.5. The molecule has 0 atom stereocenters. The van der Waals surface area contributed by atoms with Gasteiger partial charge in [-0.05, 0) is 19.8 Å². The Balaban J connectivity index is 3.04. The fourth-order valence-electron chi connectivity index (χ4n) is 3.36. The molecule has 0 aliphatic heterocycles. The Morgan fingerprint density at radius 2 is 1.04 bits per heavy atom. The van der Waals surface area contributed by atoms with Crippen molar-refractivity contribution in [2.24, 2.45) is 0 Å². The molecule has 0 spiro atoms. The highest BCUT2D eigenvalue weighted by atomic mass is 35.5. The van der Waals surface area contributed by atoms with Crippen molar-refractivity contribution in [3.63, 3.8) is 0 Å². The Hall–Kier alpha value is 0.497. The smallest absolute Gasteiger partial charge is 0.0972 e. The maximum Gasteiger partial charge on any atom is 0.0972 e. The summed E-state index contributed by atoms with van der Waals surface area (Å²) >= 11 is 12.1. The summed E-state index contributed by atoms with van der Waals surface area (Å²) in [5, 5.41) is 0. The van der Waals surface area contributed by atoms with Crippen LogP contribution >= 0.6 is 23.2 Å². The molecule has 162 valence electrons. The van der Waals surface area contributed by atoms with Crippen LogP contribution in [0, 0.1) is 0 Å². The van der Waals surface area contributed by atoms with Crippen LogP contribution in [0.15, 0.2) is 12.2 Å². The maximum absolute atomic E-state index is 6.04. The van der Waals surface area contributed by atoms with E-state index in [-0.39, 0.29) is 3.96 Å². The third-order valence-electron chi connectivity index (χ3n) is 5.00. The van der Waals surface area contributed by atoms with Gasteiger partial charge in [0.05, 0.1) is 10.6 Å². The van der Waals surface area contributed by atoms with Crippen molar-refractivity contribution in [1.82, 2.24) is 0 Å². The van der Waals surface area contributed by atoms with Gasteiger partial charge in [-0.1, -0.05) is 108 Å². The number of ether oxygens (including phenoxy) is 1. The van der Waals surface area contributed by atoms with Gasteiger partial charge in [-0.15, -0.1) is 23.2 Å². The van der Waals surface area contributed by atoms with Crippen molar-refractivity contribution in [3.8, 4) is 0 Å². The van der Waals surface area contributed by atoms with Crippen LogP contribution in [-0.2, 0) is 4.74 Å². The monoisotopic (exact) mass is 436 g/mol. The molecule has 0 saturated carbocycles. The number of hydrogen-bond donors (Lipinski definition) is 0. The summed E-state index contributed by atoms with van der Waals surface area (Å²) in [6.45, 7) is 7.49. The first-order valence-electron chi connectivity index (χ1n) is 11.5. The van der Waals surface area contributed by atoms with Gasteiger partial charge in [0, 0.05) is 16.8 Å². The molecule has 0 aliphatic carbocycles. The summed E-state index contributed by atoms with van der Waals surface area (Å²) in [6, 6.07) is 0. The number of unbranched alkanes of at least 4 members (excludes halogenated alkanes) is 15. The lowest BCUT2D eigenvalue weighted by molar-refractivity contribution is 0.151. The fourth-order valence-corrected chi connectivity index (χ4v) is 3.98. The molecule has 0 aromatic rings. The van der Waals surface area contributed by atoms with Crippen molar-refractivity contribution in [3.05, 3.63) is 12.2 Å². The third kappa shape index (κ3) is 26.5. The molecule has 0 heterocycles. The molecule has 0 unspecified atom stereocenters. The predicted molar refractivity (Wildman–Crippen MR) is 128 cm³/mol. The Bertz CT molecular complexity index is 329. The van der Waals surface area contributed by atoms with E-state index in [0.717, 1.165) is 35.5 Å². The highest BCUT2D eigenvalue weighted by Gasteiger charge is 2.14. The zero-order valence-electron chi connectivity index (χ0n) is 18.3. The van der Waals surface area contributed by atoms with Crippen LogP contribution in [0.2, 0.25) is 0 Å². The number of alkyl halides is 2. The van der Waals surface area contributed by atoms with E-state index >= 15 is 0 Å². The fraction of sp³-hybridized carbons (Fsp3) is 0.913. The quantitative estimate of drug-likeness (QED) is 0.0773. The highest BCUT2D eigenvalue weighted by Crippen LogP contribution is 2.24. The van der Waals surface area contributed by atoms with Crippen molar-refractivity contribution in [1.29, 1.82) is 0 Å². The minimum absolute atomic E-state index is 0.389. The molecule has 0 aliphatic rings. The van der Waals surface area contributed by atoms with Gasteiger partial charge in [0.15, 0.2) is 0 Å². The summed E-state index contributed by atoms with van der Waals surface area (Å²) in [4.78, 5) is 0. The summed E-state index contributed by atoms with van der Waals surface area (Å²) in [6.07, 6.45) is 22.9. The Morgan fingerprint density at radius 3 is 1.37 bits per heavy atom. The summed E-state index contributed by atoms with van der Waals surface area (Å²) in [5.41, 5.74) is 1.12. The van der Waals surface area contributed by atoms with Crippen LogP contribution in [-0.4, -0.2) is 27.4 Å². The van der Waals surface area contributed by atoms with Gasteiger partial charge in [0.2, 0.25) is 0 Å². The van der Waals surface area contributed by atoms with Crippen LogP contribution in [0.5, 0.6) is 0 Å². The van der Waals surface area contributed by atoms with Gasteiger partial charge in [-0.3, -0.25) is 0 Å². The van der Waals surface area contributed by atoms with E-state index in [1.54, 1.807) is 0 Å². The van der Waals surface area contributed by atoms with Gasteiger partial charge in [-0.25, -0.2) is 0 Å². The Labute approximate surface area is 183 Å². The second-order valence-electron chi connectivity index (χ2n) is 8.49. The van der Waals surface area contributed by atoms with E-state index < -0.39 is 0 Å². The van der Waals surface area contributed by atoms with Gasteiger partial charge in [0.1, 0.15) is 0 Å². The molecule has 27 heavy (non-hydrogen) atoms. The summed E-state index contributed by atoms with van der Waals surface area (Å²) in [5.74, 6) is 0. The average Bonchev–Trinajstić information content (AvgIpc) is 2.58. The Kier molecular flexibility index (Phi) is 20.2. The van der Waals surface area contributed by atoms with Crippen LogP contribution in [0.3, 0.4) is 0 Å². The van der Waals surface area contributed by atoms with Crippen molar-refractivity contribution in [2.45, 2.75) is 120 Å². The molecular formula is C23H46Cl2OSi. The van der Waals surface area contributed by atoms with Gasteiger partial charge >= 0.3 is 0 Å². The van der Waals surface area contributed by atoms with Crippen molar-refractivity contribution in [2.75, 3.05) is 13.2 Å². The lowest BCUT2D eigenvalue weighted by atomic mass is 10.0. The number of hydrogen-bond acceptors (Lipinski definition) is 1. The maximum atomic E-state index is 6.04. The van der Waals surface area contributed by atoms with Crippen LogP contribution < -0.4 is 0 Å². The molecular weight excluding hydrogens is 391 g/mol. The normalized spacial score (nSPS) is 12.0. The minimum Gasteiger partial charge on any atom is -0.377 e. The molecule has 0 aromatic heterocycles. The highest BCUT2D eigenvalue weighted by molar-refractivity contribution is 6.65. The molecule has 0 radical (unpaired) electrons. The Morgan fingerprint density at radius 1 is 0.704 bits per heavy atom. The summed E-state index contributed by atoms with van der Waals surface area (Å²) in [7, 11) is 0.872. The molecule has 4 heteroatoms. The zero-order chi connectivity index (χ0) is 20.2. The lowest BCUT2D eigenvalue weighted by Gasteiger charge is -2.12. The number of halogens is 2. The van der Waals surface area contributed by atoms with Crippen LogP contribution in [0.4, 0.5) is 0 Å². The minimum atomic E-state index is -0.389. The molecule has 0 amide bonds. The second-order valence-corrected chi connectivity index (χ2v) is 13.3. The van der Waals surface area contributed by atoms with Gasteiger partial charge in [0.25, 0.3) is 0 Å². The molecule has 0 rings (SSSR count). The lowest BCUT2D eigenvalue weighted by Crippen LogP contribution is -2.11. The van der Waals surface area contributed by atoms with Gasteiger partial charge < -0.3 is 4.74 Å². The van der Waals surface area contributed by atoms with Crippen molar-refractivity contribution >= 4 is 33.4 Å². The average molecular weight is 438 g/mol. The largest absolute Gasteiger partial charge is 0.377 e. The van der Waals surface area contributed by atoms with E-state index in [0.29, 0.717) is 0 Å². The first-order chi connectivity index (χ1) is 12.9. The molecule has 0 fully saturated rings. The molecule has 0 N–H and O–H groups in total. The van der Waals surface area contributed by atoms with Crippen LogP contribution in [0.25, 0.3) is 0 Å². The third-order valence-corrected chi connectivity index (χ3v) is 5.88. The van der Waals surface area contributed by atoms with E-state index in [4.69, 9.17) is 27.9 Å². The number of rotatable bonds is 21. The van der Waals surface area contributed by atoms with E-state index in [9.17, 15) is 0 Å². The predicted octanol–water partition coefficient (Wildman–Crippen LogP) is 7.71. The van der Waals surface area contributed by atoms with E-state index in [2.05, 4.69) is 6.58 Å². The molecule has 0 aromatic carbocycles. The molecule has 1 nitrogen and oxygen atoms in total. The topological polar surface area (TPSA) is 9.23 Å². The van der Waals surface area contributed by atoms with E-state index in [1.807, 2.05) is 6.92 Å². The summed E-state index contributed by atoms with van der Waals surface area (Å²) < 4.78 is 5.13. The van der Waals surface area contributed by atoms with Gasteiger partial charge in [-0.2, -0.15) is 0 Å². The first-order valence-corrected chi connectivity index (χ1v) is 13.3. The zero-order valence-corrected chi connectivity index (χ0v) is 21.8. The van der Waals surface area contributed by atoms with Crippen LogP contribution in [0.1, 0.15) is 116 Å². The second kappa shape index (κ2) is 19.8.